The van der Waals surface area contributed by atoms with Crippen LogP contribution in [0.1, 0.15) is 66.2 Å². The molecule has 1 fully saturated rings. The smallest absolute Gasteiger partial charge is 0.270 e. The maximum Gasteiger partial charge on any atom is 0.270 e. The molecule has 2 aromatic rings. The van der Waals surface area contributed by atoms with E-state index in [-0.39, 0.29) is 35.0 Å². The minimum atomic E-state index is -3.92. The zero-order valence-electron chi connectivity index (χ0n) is 19.0. The van der Waals surface area contributed by atoms with E-state index in [0.717, 1.165) is 54.8 Å². The molecule has 0 spiro atoms. The standard InChI is InChI=1S/C24H32N4O4S/c1-27(17-23(29)26-21-12-8-10-18-9-4-5-11-20(18)21)33(31,32)19-15-22(25-16-19)24(30)28-13-6-2-3-7-14-28/h4-5,9,11,15-16,21,25H,2-3,6-8,10,12-14,17H2,1H3,(H,26,29)/t21-/m1/s1. The molecule has 2 N–H and O–H groups in total. The van der Waals surface area contributed by atoms with Crippen LogP contribution in [0.15, 0.2) is 41.4 Å². The minimum Gasteiger partial charge on any atom is -0.356 e. The lowest BCUT2D eigenvalue weighted by molar-refractivity contribution is -0.122. The van der Waals surface area contributed by atoms with E-state index in [0.29, 0.717) is 13.1 Å². The van der Waals surface area contributed by atoms with E-state index in [1.54, 1.807) is 4.90 Å². The molecule has 2 amide bonds. The zero-order chi connectivity index (χ0) is 23.4. The molecule has 1 atom stereocenters. The van der Waals surface area contributed by atoms with Crippen molar-refractivity contribution in [3.63, 3.8) is 0 Å². The number of likely N-dealkylation sites (N-methyl/N-ethyl adjacent to an activating group) is 1. The first-order chi connectivity index (χ1) is 15.9. The average Bonchev–Trinajstić information content (AvgIpc) is 3.16. The number of aromatic nitrogens is 1. The molecule has 33 heavy (non-hydrogen) atoms. The predicted octanol–water partition coefficient (Wildman–Crippen LogP) is 2.85. The summed E-state index contributed by atoms with van der Waals surface area (Å²) in [7, 11) is -2.53. The second-order valence-electron chi connectivity index (χ2n) is 8.93. The number of carbonyl (C=O) groups is 2. The number of fused-ring (bicyclic) bond motifs is 1. The highest BCUT2D eigenvalue weighted by atomic mass is 32.2. The number of nitrogens with one attached hydrogen (secondary N) is 2. The molecule has 9 heteroatoms. The maximum absolute atomic E-state index is 13.0. The first kappa shape index (κ1) is 23.5. The van der Waals surface area contributed by atoms with Crippen LogP contribution in [0.2, 0.25) is 0 Å². The Hall–Kier alpha value is -2.65. The van der Waals surface area contributed by atoms with Gasteiger partial charge in [-0.3, -0.25) is 9.59 Å². The molecule has 178 valence electrons. The molecule has 1 aliphatic heterocycles. The van der Waals surface area contributed by atoms with Crippen molar-refractivity contribution < 1.29 is 18.0 Å². The normalized spacial score (nSPS) is 19.1. The number of carbonyl (C=O) groups excluding carboxylic acids is 2. The van der Waals surface area contributed by atoms with Crippen molar-refractivity contribution in [3.8, 4) is 0 Å². The molecule has 1 aromatic heterocycles. The molecule has 4 rings (SSSR count). The van der Waals surface area contributed by atoms with Crippen LogP contribution in [-0.2, 0) is 21.2 Å². The third kappa shape index (κ3) is 5.30. The largest absolute Gasteiger partial charge is 0.356 e. The van der Waals surface area contributed by atoms with Crippen molar-refractivity contribution in [3.05, 3.63) is 53.3 Å². The van der Waals surface area contributed by atoms with Crippen LogP contribution < -0.4 is 5.32 Å². The summed E-state index contributed by atoms with van der Waals surface area (Å²) in [6, 6.07) is 9.30. The Morgan fingerprint density at radius 3 is 2.61 bits per heavy atom. The minimum absolute atomic E-state index is 0.0148. The number of sulfonamides is 1. The Balaban J connectivity index is 1.39. The van der Waals surface area contributed by atoms with Gasteiger partial charge in [0.2, 0.25) is 15.9 Å². The fourth-order valence-electron chi connectivity index (χ4n) is 4.70. The van der Waals surface area contributed by atoms with Gasteiger partial charge in [-0.25, -0.2) is 8.42 Å². The van der Waals surface area contributed by atoms with E-state index >= 15 is 0 Å². The summed E-state index contributed by atoms with van der Waals surface area (Å²) in [4.78, 5) is 30.0. The molecule has 1 aliphatic carbocycles. The summed E-state index contributed by atoms with van der Waals surface area (Å²) >= 11 is 0. The van der Waals surface area contributed by atoms with E-state index in [1.165, 1.54) is 24.9 Å². The van der Waals surface area contributed by atoms with Crippen LogP contribution in [0.4, 0.5) is 0 Å². The number of benzene rings is 1. The van der Waals surface area contributed by atoms with E-state index < -0.39 is 10.0 Å². The van der Waals surface area contributed by atoms with Crippen molar-refractivity contribution in [2.24, 2.45) is 0 Å². The van der Waals surface area contributed by atoms with Gasteiger partial charge >= 0.3 is 0 Å². The Kier molecular flexibility index (Phi) is 7.19. The summed E-state index contributed by atoms with van der Waals surface area (Å²) < 4.78 is 27.1. The number of aryl methyl sites for hydroxylation is 1. The van der Waals surface area contributed by atoms with Crippen LogP contribution in [0.3, 0.4) is 0 Å². The monoisotopic (exact) mass is 472 g/mol. The summed E-state index contributed by atoms with van der Waals surface area (Å²) in [6.07, 6.45) is 8.25. The highest BCUT2D eigenvalue weighted by Gasteiger charge is 2.28. The predicted molar refractivity (Wildman–Crippen MR) is 125 cm³/mol. The van der Waals surface area contributed by atoms with Crippen molar-refractivity contribution in [2.45, 2.75) is 55.9 Å². The van der Waals surface area contributed by atoms with Crippen LogP contribution in [0.25, 0.3) is 0 Å². The third-order valence-electron chi connectivity index (χ3n) is 6.56. The number of aromatic amines is 1. The highest BCUT2D eigenvalue weighted by molar-refractivity contribution is 7.89. The molecule has 2 heterocycles. The van der Waals surface area contributed by atoms with E-state index in [2.05, 4.69) is 16.4 Å². The number of hydrogen-bond acceptors (Lipinski definition) is 4. The van der Waals surface area contributed by atoms with Crippen LogP contribution >= 0.6 is 0 Å². The second-order valence-corrected chi connectivity index (χ2v) is 11.0. The van der Waals surface area contributed by atoms with Gasteiger partial charge in [0.25, 0.3) is 5.91 Å². The topological polar surface area (TPSA) is 103 Å². The molecule has 0 radical (unpaired) electrons. The summed E-state index contributed by atoms with van der Waals surface area (Å²) in [5.74, 6) is -0.533. The summed E-state index contributed by atoms with van der Waals surface area (Å²) in [6.45, 7) is 1.08. The van der Waals surface area contributed by atoms with E-state index in [4.69, 9.17) is 0 Å². The lowest BCUT2D eigenvalue weighted by Gasteiger charge is -2.27. The van der Waals surface area contributed by atoms with Crippen LogP contribution in [0, 0.1) is 0 Å². The number of H-pyrrole nitrogens is 1. The van der Waals surface area contributed by atoms with Gasteiger partial charge in [0.05, 0.1) is 12.6 Å². The van der Waals surface area contributed by atoms with Crippen molar-refractivity contribution in [1.82, 2.24) is 19.5 Å². The third-order valence-corrected chi connectivity index (χ3v) is 8.34. The Labute approximate surface area is 195 Å². The SMILES string of the molecule is CN(CC(=O)N[C@@H]1CCCc2ccccc21)S(=O)(=O)c1c[nH]c(C(=O)N2CCCCCC2)c1. The van der Waals surface area contributed by atoms with Crippen molar-refractivity contribution >= 4 is 21.8 Å². The zero-order valence-corrected chi connectivity index (χ0v) is 19.9. The Bertz CT molecular complexity index is 1100. The lowest BCUT2D eigenvalue weighted by Crippen LogP contribution is -2.40. The fourth-order valence-corrected chi connectivity index (χ4v) is 5.82. The maximum atomic E-state index is 13.0. The number of amides is 2. The second kappa shape index (κ2) is 10.1. The first-order valence-corrected chi connectivity index (χ1v) is 13.1. The first-order valence-electron chi connectivity index (χ1n) is 11.7. The lowest BCUT2D eigenvalue weighted by atomic mass is 9.88. The van der Waals surface area contributed by atoms with Gasteiger partial charge in [-0.1, -0.05) is 37.1 Å². The average molecular weight is 473 g/mol. The van der Waals surface area contributed by atoms with Gasteiger partial charge < -0.3 is 15.2 Å². The summed E-state index contributed by atoms with van der Waals surface area (Å²) in [5, 5.41) is 2.99. The molecule has 1 aromatic carbocycles. The van der Waals surface area contributed by atoms with Crippen LogP contribution in [-0.4, -0.2) is 61.1 Å². The molecular formula is C24H32N4O4S. The van der Waals surface area contributed by atoms with Crippen molar-refractivity contribution in [1.29, 1.82) is 0 Å². The van der Waals surface area contributed by atoms with E-state index in [9.17, 15) is 18.0 Å². The van der Waals surface area contributed by atoms with Gasteiger partial charge in [-0.2, -0.15) is 4.31 Å². The van der Waals surface area contributed by atoms with Crippen molar-refractivity contribution in [2.75, 3.05) is 26.7 Å². The van der Waals surface area contributed by atoms with E-state index in [1.807, 2.05) is 18.2 Å². The molecule has 2 aliphatic rings. The number of rotatable bonds is 6. The molecule has 1 saturated heterocycles. The summed E-state index contributed by atoms with van der Waals surface area (Å²) in [5.41, 5.74) is 2.58. The quantitative estimate of drug-likeness (QED) is 0.675. The number of nitrogens with zero attached hydrogens (tertiary/aromatic N) is 2. The molecule has 8 nitrogen and oxygen atoms in total. The molecular weight excluding hydrogens is 440 g/mol. The highest BCUT2D eigenvalue weighted by Crippen LogP contribution is 2.29. The number of likely N-dealkylation sites (tertiary alicyclic amines) is 1. The van der Waals surface area contributed by atoms with Gasteiger partial charge in [0.1, 0.15) is 10.6 Å². The van der Waals surface area contributed by atoms with Crippen LogP contribution in [0.5, 0.6) is 0 Å². The molecule has 0 bridgehead atoms. The molecule has 0 saturated carbocycles. The van der Waals surface area contributed by atoms with Gasteiger partial charge in [-0.05, 0) is 49.3 Å². The molecule has 0 unspecified atom stereocenters. The van der Waals surface area contributed by atoms with Gasteiger partial charge in [0.15, 0.2) is 0 Å². The Morgan fingerprint density at radius 1 is 1.12 bits per heavy atom. The van der Waals surface area contributed by atoms with Gasteiger partial charge in [-0.15, -0.1) is 0 Å². The fraction of sp³-hybridized carbons (Fsp3) is 0.500. The van der Waals surface area contributed by atoms with Gasteiger partial charge in [0, 0.05) is 26.3 Å². The number of hydrogen-bond donors (Lipinski definition) is 2. The Morgan fingerprint density at radius 2 is 1.85 bits per heavy atom.